The zero-order chi connectivity index (χ0) is 13.6. The summed E-state index contributed by atoms with van der Waals surface area (Å²) in [6.45, 7) is 1.97. The molecule has 1 atom stereocenters. The lowest BCUT2D eigenvalue weighted by molar-refractivity contribution is 0.342. The van der Waals surface area contributed by atoms with Gasteiger partial charge in [0.2, 0.25) is 0 Å². The first-order valence-electron chi connectivity index (χ1n) is 5.94. The summed E-state index contributed by atoms with van der Waals surface area (Å²) in [5.74, 6) is -0.117. The lowest BCUT2D eigenvalue weighted by Crippen LogP contribution is -2.23. The lowest BCUT2D eigenvalue weighted by Gasteiger charge is -2.17. The normalized spacial score (nSPS) is 17.9. The minimum Gasteiger partial charge on any atom is -0.381 e. The van der Waals surface area contributed by atoms with Crippen molar-refractivity contribution in [1.29, 1.82) is 0 Å². The van der Waals surface area contributed by atoms with E-state index in [9.17, 15) is 8.78 Å². The van der Waals surface area contributed by atoms with Crippen LogP contribution < -0.4 is 11.1 Å². The largest absolute Gasteiger partial charge is 0.381 e. The molecule has 0 fully saturated rings. The van der Waals surface area contributed by atoms with Crippen LogP contribution in [0.1, 0.15) is 11.1 Å². The third-order valence-corrected chi connectivity index (χ3v) is 3.21. The summed E-state index contributed by atoms with van der Waals surface area (Å²) in [6.07, 6.45) is -0.714. The van der Waals surface area contributed by atoms with Crippen LogP contribution in [0.2, 0.25) is 0 Å². The Hall–Kier alpha value is -2.18. The molecular formula is C12H13F2N5. The third-order valence-electron chi connectivity index (χ3n) is 3.21. The van der Waals surface area contributed by atoms with Gasteiger partial charge in [0, 0.05) is 18.5 Å². The number of hydrogen-bond donors (Lipinski definition) is 3. The molecule has 4 N–H and O–H groups in total. The second-order valence-corrected chi connectivity index (χ2v) is 4.63. The molecular weight excluding hydrogens is 252 g/mol. The van der Waals surface area contributed by atoms with Gasteiger partial charge in [-0.3, -0.25) is 5.10 Å². The molecule has 0 radical (unpaired) electrons. The molecule has 2 aromatic rings. The molecule has 7 heteroatoms. The maximum atomic E-state index is 13.5. The van der Waals surface area contributed by atoms with Crippen molar-refractivity contribution < 1.29 is 8.78 Å². The smallest absolute Gasteiger partial charge is 0.165 e. The summed E-state index contributed by atoms with van der Waals surface area (Å²) in [4.78, 5) is 4.03. The number of nitrogens with one attached hydrogen (secondary N) is 2. The molecule has 0 saturated heterocycles. The van der Waals surface area contributed by atoms with Crippen molar-refractivity contribution in [2.24, 2.45) is 0 Å². The van der Waals surface area contributed by atoms with Gasteiger partial charge in [-0.15, -0.1) is 0 Å². The number of H-pyrrole nitrogens is 1. The van der Waals surface area contributed by atoms with Crippen LogP contribution in [0.4, 0.5) is 20.4 Å². The highest BCUT2D eigenvalue weighted by atomic mass is 19.1. The summed E-state index contributed by atoms with van der Waals surface area (Å²) in [5.41, 5.74) is 7.93. The van der Waals surface area contributed by atoms with Crippen LogP contribution in [0.15, 0.2) is 6.07 Å². The predicted octanol–water partition coefficient (Wildman–Crippen LogP) is 1.81. The van der Waals surface area contributed by atoms with Crippen LogP contribution >= 0.6 is 0 Å². The van der Waals surface area contributed by atoms with Crippen LogP contribution in [-0.2, 0) is 6.42 Å². The number of nitrogen functional groups attached to an aromatic ring is 1. The van der Waals surface area contributed by atoms with Crippen molar-refractivity contribution in [2.45, 2.75) is 19.5 Å². The fraction of sp³-hybridized carbons (Fsp3) is 0.333. The molecule has 0 bridgehead atoms. The number of alkyl halides is 1. The van der Waals surface area contributed by atoms with Gasteiger partial charge in [-0.25, -0.2) is 13.8 Å². The number of aromatic amines is 1. The predicted molar refractivity (Wildman–Crippen MR) is 68.0 cm³/mol. The van der Waals surface area contributed by atoms with Crippen molar-refractivity contribution in [3.05, 3.63) is 23.0 Å². The minimum absolute atomic E-state index is 0.176. The van der Waals surface area contributed by atoms with Crippen LogP contribution in [0, 0.1) is 12.7 Å². The van der Waals surface area contributed by atoms with Crippen LogP contribution in [0.3, 0.4) is 0 Å². The van der Waals surface area contributed by atoms with E-state index in [1.807, 2.05) is 0 Å². The summed E-state index contributed by atoms with van der Waals surface area (Å²) in [7, 11) is 0. The van der Waals surface area contributed by atoms with Gasteiger partial charge in [-0.1, -0.05) is 0 Å². The number of nitrogens with two attached hydrogens (primary N) is 1. The Balaban J connectivity index is 2.13. The van der Waals surface area contributed by atoms with Crippen LogP contribution in [0.5, 0.6) is 0 Å². The van der Waals surface area contributed by atoms with E-state index >= 15 is 0 Å². The first-order valence-corrected chi connectivity index (χ1v) is 5.94. The van der Waals surface area contributed by atoms with Gasteiger partial charge in [0.05, 0.1) is 11.4 Å². The number of rotatable bonds is 1. The molecule has 0 amide bonds. The summed E-state index contributed by atoms with van der Waals surface area (Å²) in [5, 5.41) is 9.80. The average molecular weight is 265 g/mol. The molecule has 0 aromatic carbocycles. The SMILES string of the molecule is Cc1cc(F)c(N)nc1-c1[nH]nc2c1CC(F)CN2. The molecule has 1 aliphatic heterocycles. The maximum absolute atomic E-state index is 13.5. The van der Waals surface area contributed by atoms with Crippen molar-refractivity contribution in [3.8, 4) is 11.4 Å². The maximum Gasteiger partial charge on any atom is 0.165 e. The summed E-state index contributed by atoms with van der Waals surface area (Å²) >= 11 is 0. The standard InChI is InChI=1S/C12H13F2N5/c1-5-2-8(14)11(15)17-9(5)10-7-3-6(13)4-16-12(7)19-18-10/h2,6H,3-4H2,1H3,(H2,15,17)(H2,16,18,19). The minimum atomic E-state index is -0.970. The highest BCUT2D eigenvalue weighted by Crippen LogP contribution is 2.32. The lowest BCUT2D eigenvalue weighted by atomic mass is 10.0. The first kappa shape index (κ1) is 11.9. The number of fused-ring (bicyclic) bond motifs is 1. The van der Waals surface area contributed by atoms with Crippen molar-refractivity contribution in [2.75, 3.05) is 17.6 Å². The number of pyridine rings is 1. The molecule has 3 rings (SSSR count). The molecule has 0 spiro atoms. The van der Waals surface area contributed by atoms with E-state index < -0.39 is 12.0 Å². The topological polar surface area (TPSA) is 79.6 Å². The van der Waals surface area contributed by atoms with Gasteiger partial charge in [0.25, 0.3) is 0 Å². The second kappa shape index (κ2) is 4.18. The molecule has 5 nitrogen and oxygen atoms in total. The number of aromatic nitrogens is 3. The van der Waals surface area contributed by atoms with E-state index in [4.69, 9.17) is 5.73 Å². The Morgan fingerprint density at radius 1 is 1.47 bits per heavy atom. The highest BCUT2D eigenvalue weighted by Gasteiger charge is 2.25. The van der Waals surface area contributed by atoms with E-state index in [1.54, 1.807) is 6.92 Å². The van der Waals surface area contributed by atoms with Gasteiger partial charge in [0.15, 0.2) is 17.5 Å². The number of aryl methyl sites for hydroxylation is 1. The van der Waals surface area contributed by atoms with Gasteiger partial charge in [0.1, 0.15) is 6.17 Å². The van der Waals surface area contributed by atoms with Gasteiger partial charge in [-0.2, -0.15) is 5.10 Å². The molecule has 0 aliphatic carbocycles. The highest BCUT2D eigenvalue weighted by molar-refractivity contribution is 5.70. The Kier molecular flexibility index (Phi) is 2.62. The summed E-state index contributed by atoms with van der Waals surface area (Å²) in [6, 6.07) is 1.31. The third kappa shape index (κ3) is 1.91. The zero-order valence-electron chi connectivity index (χ0n) is 10.3. The monoisotopic (exact) mass is 265 g/mol. The number of nitrogens with zero attached hydrogens (tertiary/aromatic N) is 2. The van der Waals surface area contributed by atoms with E-state index in [1.165, 1.54) is 6.07 Å². The van der Waals surface area contributed by atoms with Gasteiger partial charge < -0.3 is 11.1 Å². The van der Waals surface area contributed by atoms with E-state index in [0.717, 1.165) is 5.56 Å². The van der Waals surface area contributed by atoms with Crippen molar-refractivity contribution in [1.82, 2.24) is 15.2 Å². The summed E-state index contributed by atoms with van der Waals surface area (Å²) < 4.78 is 26.8. The number of hydrogen-bond acceptors (Lipinski definition) is 4. The molecule has 0 saturated carbocycles. The number of halogens is 2. The Labute approximate surface area is 108 Å². The van der Waals surface area contributed by atoms with Crippen molar-refractivity contribution in [3.63, 3.8) is 0 Å². The van der Waals surface area contributed by atoms with Gasteiger partial charge in [-0.05, 0) is 18.6 Å². The molecule has 19 heavy (non-hydrogen) atoms. The quantitative estimate of drug-likeness (QED) is 0.734. The van der Waals surface area contributed by atoms with E-state index in [0.29, 0.717) is 22.8 Å². The van der Waals surface area contributed by atoms with Crippen LogP contribution in [-0.4, -0.2) is 27.9 Å². The molecule has 1 unspecified atom stereocenters. The molecule has 100 valence electrons. The Bertz CT molecular complexity index is 637. The fourth-order valence-corrected chi connectivity index (χ4v) is 2.25. The molecule has 3 heterocycles. The first-order chi connectivity index (χ1) is 9.06. The Morgan fingerprint density at radius 3 is 3.05 bits per heavy atom. The second-order valence-electron chi connectivity index (χ2n) is 4.63. The van der Waals surface area contributed by atoms with E-state index in [2.05, 4.69) is 20.5 Å². The van der Waals surface area contributed by atoms with Crippen molar-refractivity contribution >= 4 is 11.6 Å². The Morgan fingerprint density at radius 2 is 2.26 bits per heavy atom. The zero-order valence-corrected chi connectivity index (χ0v) is 10.3. The van der Waals surface area contributed by atoms with Crippen LogP contribution in [0.25, 0.3) is 11.4 Å². The number of anilines is 2. The molecule has 2 aromatic heterocycles. The average Bonchev–Trinajstić information content (AvgIpc) is 2.76. The van der Waals surface area contributed by atoms with E-state index in [-0.39, 0.29) is 18.8 Å². The molecule has 1 aliphatic rings. The fourth-order valence-electron chi connectivity index (χ4n) is 2.25. The van der Waals surface area contributed by atoms with Gasteiger partial charge >= 0.3 is 0 Å².